The van der Waals surface area contributed by atoms with E-state index < -0.39 is 0 Å². The third-order valence-electron chi connectivity index (χ3n) is 4.42. The summed E-state index contributed by atoms with van der Waals surface area (Å²) in [6.07, 6.45) is 4.79. The third kappa shape index (κ3) is 3.87. The van der Waals surface area contributed by atoms with Crippen LogP contribution >= 0.6 is 11.3 Å². The Bertz CT molecular complexity index is 571. The molecule has 23 heavy (non-hydrogen) atoms. The van der Waals surface area contributed by atoms with E-state index in [1.807, 2.05) is 11.8 Å². The third-order valence-corrected chi connectivity index (χ3v) is 5.23. The van der Waals surface area contributed by atoms with Gasteiger partial charge < -0.3 is 15.0 Å². The minimum atomic E-state index is -0.289. The van der Waals surface area contributed by atoms with Crippen LogP contribution in [0.3, 0.4) is 0 Å². The molecule has 1 N–H and O–H groups in total. The number of hydrogen-bond acceptors (Lipinski definition) is 6. The molecule has 1 saturated carbocycles. The molecule has 0 aromatic carbocycles. The maximum absolute atomic E-state index is 12.4. The zero-order valence-electron chi connectivity index (χ0n) is 13.3. The van der Waals surface area contributed by atoms with E-state index in [0.717, 1.165) is 17.8 Å². The van der Waals surface area contributed by atoms with Gasteiger partial charge in [0.1, 0.15) is 11.6 Å². The first kappa shape index (κ1) is 16.3. The van der Waals surface area contributed by atoms with Crippen molar-refractivity contribution in [3.63, 3.8) is 0 Å². The van der Waals surface area contributed by atoms with Crippen LogP contribution in [0, 0.1) is 5.92 Å². The number of nitrogens with one attached hydrogen (secondary N) is 1. The summed E-state index contributed by atoms with van der Waals surface area (Å²) in [5.41, 5.74) is 0. The van der Waals surface area contributed by atoms with Crippen LogP contribution < -0.4 is 5.32 Å². The number of aromatic nitrogens is 2. The van der Waals surface area contributed by atoms with Gasteiger partial charge in [-0.2, -0.15) is 0 Å². The molecular formula is C15H22N4O3S. The lowest BCUT2D eigenvalue weighted by Gasteiger charge is -2.23. The molecule has 1 aromatic rings. The zero-order chi connectivity index (χ0) is 16.2. The number of likely N-dealkylation sites (tertiary alicyclic amines) is 1. The smallest absolute Gasteiger partial charge is 0.231 e. The standard InChI is InChI=1S/C15H22N4O3S/c1-2-22-9-12-17-18-15(23-12)16-14(21)10-7-13(20)19(8-10)11-5-3-4-6-11/h10-11H,2-9H2,1H3,(H,16,18,21)/t10-/m0/s1. The van der Waals surface area contributed by atoms with E-state index in [9.17, 15) is 9.59 Å². The van der Waals surface area contributed by atoms with Crippen molar-refractivity contribution in [3.05, 3.63) is 5.01 Å². The van der Waals surface area contributed by atoms with Gasteiger partial charge in [-0.1, -0.05) is 24.2 Å². The number of nitrogens with zero attached hydrogens (tertiary/aromatic N) is 3. The SMILES string of the molecule is CCOCc1nnc(NC(=O)[C@H]2CC(=O)N(C3CCCC3)C2)s1. The first-order valence-corrected chi connectivity index (χ1v) is 8.99. The van der Waals surface area contributed by atoms with Gasteiger partial charge in [0.2, 0.25) is 16.9 Å². The van der Waals surface area contributed by atoms with Crippen LogP contribution in [0.5, 0.6) is 0 Å². The molecule has 0 bridgehead atoms. The Balaban J connectivity index is 1.54. The van der Waals surface area contributed by atoms with Gasteiger partial charge in [-0.3, -0.25) is 9.59 Å². The molecule has 0 radical (unpaired) electrons. The summed E-state index contributed by atoms with van der Waals surface area (Å²) < 4.78 is 5.27. The summed E-state index contributed by atoms with van der Waals surface area (Å²) in [6, 6.07) is 0.333. The summed E-state index contributed by atoms with van der Waals surface area (Å²) >= 11 is 1.31. The van der Waals surface area contributed by atoms with Crippen molar-refractivity contribution in [2.45, 2.75) is 51.7 Å². The van der Waals surface area contributed by atoms with Gasteiger partial charge in [0.25, 0.3) is 0 Å². The Hall–Kier alpha value is -1.54. The first-order chi connectivity index (χ1) is 11.2. The monoisotopic (exact) mass is 338 g/mol. The molecule has 1 atom stereocenters. The Labute approximate surface area is 139 Å². The van der Waals surface area contributed by atoms with Crippen LogP contribution in [-0.4, -0.2) is 46.1 Å². The lowest BCUT2D eigenvalue weighted by atomic mass is 10.1. The van der Waals surface area contributed by atoms with Crippen LogP contribution in [0.4, 0.5) is 5.13 Å². The van der Waals surface area contributed by atoms with Crippen molar-refractivity contribution in [3.8, 4) is 0 Å². The van der Waals surface area contributed by atoms with Crippen molar-refractivity contribution < 1.29 is 14.3 Å². The second-order valence-electron chi connectivity index (χ2n) is 6.01. The molecule has 2 aliphatic rings. The molecule has 126 valence electrons. The first-order valence-electron chi connectivity index (χ1n) is 8.17. The minimum Gasteiger partial charge on any atom is -0.374 e. The van der Waals surface area contributed by atoms with Crippen molar-refractivity contribution in [1.82, 2.24) is 15.1 Å². The number of anilines is 1. The van der Waals surface area contributed by atoms with Gasteiger partial charge >= 0.3 is 0 Å². The normalized spacial score (nSPS) is 22.0. The fourth-order valence-corrected chi connectivity index (χ4v) is 3.92. The van der Waals surface area contributed by atoms with Gasteiger partial charge in [0.05, 0.1) is 5.92 Å². The maximum atomic E-state index is 12.4. The molecule has 7 nitrogen and oxygen atoms in total. The quantitative estimate of drug-likeness (QED) is 0.855. The molecule has 0 spiro atoms. The van der Waals surface area contributed by atoms with Crippen molar-refractivity contribution >= 4 is 28.3 Å². The Morgan fingerprint density at radius 3 is 2.91 bits per heavy atom. The van der Waals surface area contributed by atoms with Crippen LogP contribution in [0.25, 0.3) is 0 Å². The van der Waals surface area contributed by atoms with E-state index in [1.54, 1.807) is 0 Å². The summed E-state index contributed by atoms with van der Waals surface area (Å²) in [5.74, 6) is -0.327. The average Bonchev–Trinajstić information content (AvgIpc) is 3.25. The fraction of sp³-hybridized carbons (Fsp3) is 0.733. The molecule has 1 aromatic heterocycles. The molecule has 1 saturated heterocycles. The molecule has 1 aliphatic heterocycles. The van der Waals surface area contributed by atoms with E-state index in [-0.39, 0.29) is 17.7 Å². The van der Waals surface area contributed by atoms with Gasteiger partial charge in [-0.25, -0.2) is 0 Å². The molecule has 2 heterocycles. The molecule has 8 heteroatoms. The van der Waals surface area contributed by atoms with Gasteiger partial charge in [0.15, 0.2) is 0 Å². The maximum Gasteiger partial charge on any atom is 0.231 e. The largest absolute Gasteiger partial charge is 0.374 e. The predicted octanol–water partition coefficient (Wildman–Crippen LogP) is 1.80. The van der Waals surface area contributed by atoms with E-state index in [2.05, 4.69) is 15.5 Å². The highest BCUT2D eigenvalue weighted by molar-refractivity contribution is 7.15. The molecule has 2 amide bonds. The minimum absolute atomic E-state index is 0.103. The second-order valence-corrected chi connectivity index (χ2v) is 7.07. The van der Waals surface area contributed by atoms with Gasteiger partial charge in [-0.05, 0) is 19.8 Å². The van der Waals surface area contributed by atoms with Gasteiger partial charge in [0, 0.05) is 25.6 Å². The van der Waals surface area contributed by atoms with Gasteiger partial charge in [-0.15, -0.1) is 10.2 Å². The molecular weight excluding hydrogens is 316 g/mol. The van der Waals surface area contributed by atoms with E-state index in [1.165, 1.54) is 24.2 Å². The molecule has 2 fully saturated rings. The molecule has 1 aliphatic carbocycles. The predicted molar refractivity (Wildman–Crippen MR) is 85.9 cm³/mol. The number of amides is 2. The lowest BCUT2D eigenvalue weighted by molar-refractivity contribution is -0.129. The summed E-state index contributed by atoms with van der Waals surface area (Å²) in [5, 5.41) is 11.9. The number of carbonyl (C=O) groups is 2. The number of hydrogen-bond donors (Lipinski definition) is 1. The van der Waals surface area contributed by atoms with Crippen LogP contribution in [-0.2, 0) is 20.9 Å². The molecule has 3 rings (SSSR count). The second kappa shape index (κ2) is 7.35. The van der Waals surface area contributed by atoms with Crippen molar-refractivity contribution in [2.24, 2.45) is 5.92 Å². The highest BCUT2D eigenvalue weighted by atomic mass is 32.1. The highest BCUT2D eigenvalue weighted by Crippen LogP contribution is 2.30. The van der Waals surface area contributed by atoms with E-state index >= 15 is 0 Å². The van der Waals surface area contributed by atoms with Crippen molar-refractivity contribution in [2.75, 3.05) is 18.5 Å². The summed E-state index contributed by atoms with van der Waals surface area (Å²) in [7, 11) is 0. The molecule has 0 unspecified atom stereocenters. The topological polar surface area (TPSA) is 84.4 Å². The number of ether oxygens (including phenoxy) is 1. The average molecular weight is 338 g/mol. The van der Waals surface area contributed by atoms with E-state index in [4.69, 9.17) is 4.74 Å². The Kier molecular flexibility index (Phi) is 5.22. The Morgan fingerprint density at radius 1 is 1.39 bits per heavy atom. The summed E-state index contributed by atoms with van der Waals surface area (Å²) in [4.78, 5) is 26.4. The van der Waals surface area contributed by atoms with Crippen LogP contribution in [0.15, 0.2) is 0 Å². The number of rotatable bonds is 6. The highest BCUT2D eigenvalue weighted by Gasteiger charge is 2.38. The zero-order valence-corrected chi connectivity index (χ0v) is 14.1. The lowest BCUT2D eigenvalue weighted by Crippen LogP contribution is -2.35. The number of carbonyl (C=O) groups excluding carboxylic acids is 2. The van der Waals surface area contributed by atoms with E-state index in [0.29, 0.717) is 37.4 Å². The van der Waals surface area contributed by atoms with Crippen molar-refractivity contribution in [1.29, 1.82) is 0 Å². The fourth-order valence-electron chi connectivity index (χ4n) is 3.24. The Morgan fingerprint density at radius 2 is 2.17 bits per heavy atom. The van der Waals surface area contributed by atoms with Crippen LogP contribution in [0.2, 0.25) is 0 Å². The van der Waals surface area contributed by atoms with Crippen LogP contribution in [0.1, 0.15) is 44.0 Å². The summed E-state index contributed by atoms with van der Waals surface area (Å²) in [6.45, 7) is 3.46.